The number of carbonyl (C=O) groups is 2. The van der Waals surface area contributed by atoms with Crippen molar-refractivity contribution in [3.8, 4) is 0 Å². The van der Waals surface area contributed by atoms with Gasteiger partial charge >= 0.3 is 0 Å². The molecule has 7 nitrogen and oxygen atoms in total. The Morgan fingerprint density at radius 3 is 2.59 bits per heavy atom. The summed E-state index contributed by atoms with van der Waals surface area (Å²) in [5, 5.41) is 3.29. The molecule has 1 unspecified atom stereocenters. The van der Waals surface area contributed by atoms with Crippen LogP contribution in [0.4, 0.5) is 5.69 Å². The largest absolute Gasteiger partial charge is 0.365 e. The maximum atomic E-state index is 13.1. The van der Waals surface area contributed by atoms with E-state index in [1.165, 1.54) is 10.9 Å². The lowest BCUT2D eigenvalue weighted by Crippen LogP contribution is -2.33. The Kier molecular flexibility index (Phi) is 5.83. The first kappa shape index (κ1) is 20.7. The molecule has 2 aromatic heterocycles. The maximum Gasteiger partial charge on any atom is 0.263 e. The molecule has 3 rings (SSSR count). The molecule has 3 aromatic rings. The molecule has 0 saturated carbocycles. The number of nitrogens with one attached hydrogen (secondary N) is 1. The number of aromatic nitrogens is 2. The molecule has 8 heteroatoms. The first-order chi connectivity index (χ1) is 13.8. The Morgan fingerprint density at radius 1 is 1.28 bits per heavy atom. The van der Waals surface area contributed by atoms with Crippen LogP contribution in [0.5, 0.6) is 0 Å². The van der Waals surface area contributed by atoms with Crippen LogP contribution in [0.15, 0.2) is 35.4 Å². The van der Waals surface area contributed by atoms with Gasteiger partial charge in [-0.2, -0.15) is 0 Å². The Balaban J connectivity index is 2.02. The zero-order valence-electron chi connectivity index (χ0n) is 16.9. The summed E-state index contributed by atoms with van der Waals surface area (Å²) >= 11 is 1.09. The summed E-state index contributed by atoms with van der Waals surface area (Å²) in [6.07, 6.45) is 1.78. The molecule has 0 radical (unpaired) electrons. The lowest BCUT2D eigenvalue weighted by atomic mass is 10.0. The van der Waals surface area contributed by atoms with E-state index in [1.54, 1.807) is 6.92 Å². The zero-order valence-corrected chi connectivity index (χ0v) is 17.7. The molecule has 0 aliphatic heterocycles. The van der Waals surface area contributed by atoms with Crippen molar-refractivity contribution in [2.24, 2.45) is 5.73 Å². The van der Waals surface area contributed by atoms with E-state index in [0.29, 0.717) is 27.1 Å². The minimum absolute atomic E-state index is 0.244. The van der Waals surface area contributed by atoms with E-state index >= 15 is 0 Å². The summed E-state index contributed by atoms with van der Waals surface area (Å²) in [6, 6.07) is 6.90. The third-order valence-electron chi connectivity index (χ3n) is 4.97. The van der Waals surface area contributed by atoms with Crippen molar-refractivity contribution >= 4 is 39.1 Å². The van der Waals surface area contributed by atoms with Crippen LogP contribution in [-0.2, 0) is 4.79 Å². The number of hydrogen-bond acceptors (Lipinski definition) is 5. The number of hydrogen-bond donors (Lipinski definition) is 2. The van der Waals surface area contributed by atoms with Crippen LogP contribution in [0.1, 0.15) is 60.0 Å². The van der Waals surface area contributed by atoms with Gasteiger partial charge in [0.2, 0.25) is 5.91 Å². The number of thiophene rings is 1. The van der Waals surface area contributed by atoms with Gasteiger partial charge in [0.15, 0.2) is 0 Å². The van der Waals surface area contributed by atoms with Crippen molar-refractivity contribution in [3.63, 3.8) is 0 Å². The molecular weight excluding hydrogens is 388 g/mol. The van der Waals surface area contributed by atoms with Gasteiger partial charge in [0.25, 0.3) is 11.5 Å². The molecule has 1 aromatic carbocycles. The Morgan fingerprint density at radius 2 is 1.97 bits per heavy atom. The van der Waals surface area contributed by atoms with Gasteiger partial charge in [-0.3, -0.25) is 19.0 Å². The first-order valence-electron chi connectivity index (χ1n) is 9.46. The fraction of sp³-hybridized carbons (Fsp3) is 0.333. The molecule has 1 atom stereocenters. The van der Waals surface area contributed by atoms with Gasteiger partial charge < -0.3 is 11.1 Å². The standard InChI is InChI=1S/C21H24N4O3S/c1-5-15(19(27)24-14-9-7-6-8-13(14)11(2)3)25-10-23-20-16(21(25)28)12(4)17(29-20)18(22)26/h6-11,15H,5H2,1-4H3,(H2,22,26)(H,24,27). The number of amides is 2. The normalized spacial score (nSPS) is 12.3. The van der Waals surface area contributed by atoms with E-state index in [4.69, 9.17) is 5.73 Å². The molecule has 2 amide bonds. The average molecular weight is 413 g/mol. The average Bonchev–Trinajstić information content (AvgIpc) is 3.02. The van der Waals surface area contributed by atoms with Crippen LogP contribution in [0.2, 0.25) is 0 Å². The number of benzene rings is 1. The Labute approximate surface area is 172 Å². The van der Waals surface area contributed by atoms with Gasteiger partial charge in [-0.05, 0) is 36.5 Å². The summed E-state index contributed by atoms with van der Waals surface area (Å²) in [5.41, 5.74) is 7.31. The van der Waals surface area contributed by atoms with Gasteiger partial charge in [-0.1, -0.05) is 39.0 Å². The van der Waals surface area contributed by atoms with Gasteiger partial charge in [0, 0.05) is 5.69 Å². The number of primary amides is 1. The Bertz CT molecular complexity index is 1150. The highest BCUT2D eigenvalue weighted by atomic mass is 32.1. The van der Waals surface area contributed by atoms with Crippen LogP contribution in [0, 0.1) is 6.92 Å². The summed E-state index contributed by atoms with van der Waals surface area (Å²) < 4.78 is 1.33. The fourth-order valence-electron chi connectivity index (χ4n) is 3.43. The van der Waals surface area contributed by atoms with E-state index in [2.05, 4.69) is 24.1 Å². The van der Waals surface area contributed by atoms with Crippen molar-refractivity contribution in [3.05, 3.63) is 57.0 Å². The fourth-order valence-corrected chi connectivity index (χ4v) is 4.42. The molecule has 0 bridgehead atoms. The highest BCUT2D eigenvalue weighted by Gasteiger charge is 2.24. The zero-order chi connectivity index (χ0) is 21.3. The molecule has 29 heavy (non-hydrogen) atoms. The van der Waals surface area contributed by atoms with Crippen molar-refractivity contribution in [2.45, 2.75) is 46.1 Å². The number of aryl methyl sites for hydroxylation is 1. The number of carbonyl (C=O) groups excluding carboxylic acids is 2. The third kappa shape index (κ3) is 3.80. The summed E-state index contributed by atoms with van der Waals surface area (Å²) in [5.74, 6) is -0.633. The first-order valence-corrected chi connectivity index (χ1v) is 10.3. The quantitative estimate of drug-likeness (QED) is 0.645. The van der Waals surface area contributed by atoms with Crippen molar-refractivity contribution in [1.29, 1.82) is 0 Å². The van der Waals surface area contributed by atoms with Gasteiger partial charge in [0.05, 0.1) is 16.6 Å². The van der Waals surface area contributed by atoms with Crippen LogP contribution in [0.25, 0.3) is 10.2 Å². The summed E-state index contributed by atoms with van der Waals surface area (Å²) in [7, 11) is 0. The minimum Gasteiger partial charge on any atom is -0.365 e. The number of fused-ring (bicyclic) bond motifs is 1. The minimum atomic E-state index is -0.726. The van der Waals surface area contributed by atoms with Gasteiger partial charge in [-0.25, -0.2) is 4.98 Å². The second-order valence-corrected chi connectivity index (χ2v) is 8.21. The van der Waals surface area contributed by atoms with Crippen LogP contribution in [-0.4, -0.2) is 21.4 Å². The topological polar surface area (TPSA) is 107 Å². The molecule has 152 valence electrons. The summed E-state index contributed by atoms with van der Waals surface area (Å²) in [6.45, 7) is 7.62. The second-order valence-electron chi connectivity index (χ2n) is 7.21. The molecule has 0 aliphatic carbocycles. The number of nitrogens with zero attached hydrogens (tertiary/aromatic N) is 2. The predicted molar refractivity (Wildman–Crippen MR) is 116 cm³/mol. The molecule has 0 aliphatic rings. The monoisotopic (exact) mass is 412 g/mol. The predicted octanol–water partition coefficient (Wildman–Crippen LogP) is 3.58. The lowest BCUT2D eigenvalue weighted by Gasteiger charge is -2.20. The molecular formula is C21H24N4O3S. The van der Waals surface area contributed by atoms with Crippen LogP contribution in [0.3, 0.4) is 0 Å². The number of rotatable bonds is 6. The van der Waals surface area contributed by atoms with E-state index in [1.807, 2.05) is 31.2 Å². The smallest absolute Gasteiger partial charge is 0.263 e. The Hall–Kier alpha value is -3.00. The molecule has 0 saturated heterocycles. The second kappa shape index (κ2) is 8.16. The van der Waals surface area contributed by atoms with Gasteiger partial charge in [0.1, 0.15) is 10.9 Å². The third-order valence-corrected chi connectivity index (χ3v) is 6.18. The number of anilines is 1. The van der Waals surface area contributed by atoms with Crippen LogP contribution < -0.4 is 16.6 Å². The number of para-hydroxylation sites is 1. The van der Waals surface area contributed by atoms with Crippen molar-refractivity contribution in [1.82, 2.24) is 9.55 Å². The van der Waals surface area contributed by atoms with Crippen molar-refractivity contribution < 1.29 is 9.59 Å². The molecule has 0 spiro atoms. The molecule has 2 heterocycles. The van der Waals surface area contributed by atoms with E-state index < -0.39 is 11.9 Å². The van der Waals surface area contributed by atoms with E-state index in [9.17, 15) is 14.4 Å². The SMILES string of the molecule is CCC(C(=O)Nc1ccccc1C(C)C)n1cnc2sc(C(N)=O)c(C)c2c1=O. The number of nitrogens with two attached hydrogens (primary N) is 1. The van der Waals surface area contributed by atoms with E-state index in [0.717, 1.165) is 22.6 Å². The lowest BCUT2D eigenvalue weighted by molar-refractivity contribution is -0.119. The van der Waals surface area contributed by atoms with E-state index in [-0.39, 0.29) is 17.4 Å². The molecule has 0 fully saturated rings. The maximum absolute atomic E-state index is 13.1. The highest BCUT2D eigenvalue weighted by Crippen LogP contribution is 2.28. The van der Waals surface area contributed by atoms with Crippen molar-refractivity contribution in [2.75, 3.05) is 5.32 Å². The van der Waals surface area contributed by atoms with Crippen LogP contribution >= 0.6 is 11.3 Å². The summed E-state index contributed by atoms with van der Waals surface area (Å²) in [4.78, 5) is 42.8. The molecule has 3 N–H and O–H groups in total. The van der Waals surface area contributed by atoms with Gasteiger partial charge in [-0.15, -0.1) is 11.3 Å². The highest BCUT2D eigenvalue weighted by molar-refractivity contribution is 7.20.